The second-order valence-corrected chi connectivity index (χ2v) is 7.80. The van der Waals surface area contributed by atoms with Crippen LogP contribution >= 0.6 is 0 Å². The number of pyridine rings is 4. The minimum Gasteiger partial charge on any atom is -0.477 e. The molecule has 6 aromatic rings. The van der Waals surface area contributed by atoms with Crippen LogP contribution in [0.5, 0.6) is 0 Å². The van der Waals surface area contributed by atoms with Gasteiger partial charge in [-0.25, -0.2) is 9.59 Å². The zero-order valence-corrected chi connectivity index (χ0v) is 18.4. The Kier molecular flexibility index (Phi) is 5.46. The first-order valence-electron chi connectivity index (χ1n) is 10.6. The lowest BCUT2D eigenvalue weighted by Crippen LogP contribution is -2.15. The lowest BCUT2D eigenvalue weighted by Gasteiger charge is -2.03. The van der Waals surface area contributed by atoms with Crippen molar-refractivity contribution in [3.63, 3.8) is 0 Å². The van der Waals surface area contributed by atoms with Gasteiger partial charge in [0.05, 0.1) is 22.1 Å². The van der Waals surface area contributed by atoms with Crippen molar-refractivity contribution in [2.24, 2.45) is 0 Å². The molecule has 4 aromatic heterocycles. The number of hydrogen-bond acceptors (Lipinski definition) is 6. The molecule has 0 saturated carbocycles. The summed E-state index contributed by atoms with van der Waals surface area (Å²) < 4.78 is 0. The van der Waals surface area contributed by atoms with Gasteiger partial charge in [0.1, 0.15) is 11.1 Å². The quantitative estimate of drug-likeness (QED) is 0.273. The third-order valence-corrected chi connectivity index (χ3v) is 5.71. The Bertz CT molecular complexity index is 1820. The van der Waals surface area contributed by atoms with Gasteiger partial charge in [-0.15, -0.1) is 0 Å². The lowest BCUT2D eigenvalue weighted by atomic mass is 10.1. The van der Waals surface area contributed by atoms with Gasteiger partial charge in [0.15, 0.2) is 0 Å². The van der Waals surface area contributed by atoms with Crippen molar-refractivity contribution in [1.82, 2.24) is 19.9 Å². The average molecular weight is 480 g/mol. The van der Waals surface area contributed by atoms with Crippen molar-refractivity contribution >= 4 is 55.6 Å². The summed E-state index contributed by atoms with van der Waals surface area (Å²) in [4.78, 5) is 59.9. The summed E-state index contributed by atoms with van der Waals surface area (Å²) in [7, 11) is 0. The minimum absolute atomic E-state index is 0.266. The van der Waals surface area contributed by atoms with Crippen LogP contribution in [0.25, 0.3) is 43.6 Å². The summed E-state index contributed by atoms with van der Waals surface area (Å²) in [5.74, 6) is -2.47. The highest BCUT2D eigenvalue weighted by Crippen LogP contribution is 2.20. The lowest BCUT2D eigenvalue weighted by molar-refractivity contribution is 0.0684. The molecule has 36 heavy (non-hydrogen) atoms. The van der Waals surface area contributed by atoms with Crippen molar-refractivity contribution < 1.29 is 19.8 Å². The van der Waals surface area contributed by atoms with Gasteiger partial charge in [0.25, 0.3) is 0 Å². The Hall–Kier alpha value is -5.38. The van der Waals surface area contributed by atoms with Crippen molar-refractivity contribution in [2.75, 3.05) is 0 Å². The van der Waals surface area contributed by atoms with Gasteiger partial charge in [0, 0.05) is 46.3 Å². The Morgan fingerprint density at radius 3 is 1.44 bits per heavy atom. The largest absolute Gasteiger partial charge is 0.477 e. The van der Waals surface area contributed by atoms with Crippen LogP contribution in [0.1, 0.15) is 20.7 Å². The smallest absolute Gasteiger partial charge is 0.341 e. The van der Waals surface area contributed by atoms with Crippen LogP contribution in [0.3, 0.4) is 0 Å². The van der Waals surface area contributed by atoms with Crippen molar-refractivity contribution in [2.45, 2.75) is 0 Å². The fraction of sp³-hybridized carbons (Fsp3) is 0. The number of carboxylic acids is 2. The minimum atomic E-state index is -1.24. The second kappa shape index (κ2) is 8.76. The van der Waals surface area contributed by atoms with Crippen molar-refractivity contribution in [3.8, 4) is 0 Å². The van der Waals surface area contributed by atoms with Crippen LogP contribution in [0.4, 0.5) is 0 Å². The number of fused-ring (bicyclic) bond motifs is 6. The van der Waals surface area contributed by atoms with E-state index in [9.17, 15) is 19.2 Å². The van der Waals surface area contributed by atoms with E-state index >= 15 is 0 Å². The molecule has 10 heteroatoms. The normalized spacial score (nSPS) is 10.9. The predicted molar refractivity (Wildman–Crippen MR) is 134 cm³/mol. The first kappa shape index (κ1) is 22.4. The number of carboxylic acid groups (broad SMARTS) is 2. The molecule has 176 valence electrons. The molecule has 4 heterocycles. The van der Waals surface area contributed by atoms with Crippen LogP contribution in [0.2, 0.25) is 0 Å². The van der Waals surface area contributed by atoms with Gasteiger partial charge in [-0.1, -0.05) is 24.3 Å². The van der Waals surface area contributed by atoms with Gasteiger partial charge in [-0.3, -0.25) is 19.6 Å². The van der Waals surface area contributed by atoms with E-state index in [1.807, 2.05) is 12.1 Å². The molecule has 0 unspecified atom stereocenters. The summed E-state index contributed by atoms with van der Waals surface area (Å²) >= 11 is 0. The standard InChI is InChI=1S/2C13H8N2O3/c2*16-12-8-4-3-7-2-1-5-14-10(7)11(8)15-6-9(12)13(17)18/h2*1-6H,(H,15,16)(H,17,18). The number of aromatic nitrogens is 4. The molecule has 2 aromatic carbocycles. The Balaban J connectivity index is 0.000000148. The summed E-state index contributed by atoms with van der Waals surface area (Å²) in [6.45, 7) is 0. The Labute approximate surface area is 200 Å². The fourth-order valence-electron chi connectivity index (χ4n) is 3.99. The monoisotopic (exact) mass is 480 g/mol. The van der Waals surface area contributed by atoms with Crippen LogP contribution in [0.15, 0.2) is 82.9 Å². The number of carbonyl (C=O) groups is 2. The summed E-state index contributed by atoms with van der Waals surface area (Å²) in [5.41, 5.74) is 0.905. The highest BCUT2D eigenvalue weighted by atomic mass is 16.4. The molecule has 10 nitrogen and oxygen atoms in total. The predicted octanol–water partition coefficient (Wildman–Crippen LogP) is 3.55. The third kappa shape index (κ3) is 3.72. The third-order valence-electron chi connectivity index (χ3n) is 5.71. The van der Waals surface area contributed by atoms with E-state index < -0.39 is 22.8 Å². The summed E-state index contributed by atoms with van der Waals surface area (Å²) in [6.07, 6.45) is 5.68. The number of nitrogens with zero attached hydrogens (tertiary/aromatic N) is 2. The molecule has 0 saturated heterocycles. The molecule has 0 spiro atoms. The number of aromatic amines is 2. The van der Waals surface area contributed by atoms with Crippen LogP contribution in [0, 0.1) is 0 Å². The van der Waals surface area contributed by atoms with E-state index in [1.54, 1.807) is 48.8 Å². The highest BCUT2D eigenvalue weighted by molar-refractivity contribution is 6.05. The molecule has 0 aliphatic heterocycles. The van der Waals surface area contributed by atoms with E-state index in [4.69, 9.17) is 10.2 Å². The van der Waals surface area contributed by atoms with Crippen LogP contribution < -0.4 is 10.9 Å². The molecular formula is C26H16N4O6. The zero-order valence-electron chi connectivity index (χ0n) is 18.4. The summed E-state index contributed by atoms with van der Waals surface area (Å²) in [6, 6.07) is 14.1. The number of rotatable bonds is 2. The first-order valence-corrected chi connectivity index (χ1v) is 10.6. The fourth-order valence-corrected chi connectivity index (χ4v) is 3.99. The van der Waals surface area contributed by atoms with E-state index in [0.29, 0.717) is 32.8 Å². The number of H-pyrrole nitrogens is 2. The van der Waals surface area contributed by atoms with Crippen molar-refractivity contribution in [3.05, 3.63) is 105 Å². The second-order valence-electron chi connectivity index (χ2n) is 7.80. The Morgan fingerprint density at radius 1 is 0.639 bits per heavy atom. The van der Waals surface area contributed by atoms with E-state index in [1.165, 1.54) is 12.4 Å². The molecule has 4 N–H and O–H groups in total. The van der Waals surface area contributed by atoms with Gasteiger partial charge in [-0.05, 0) is 24.3 Å². The van der Waals surface area contributed by atoms with Crippen molar-refractivity contribution in [1.29, 1.82) is 0 Å². The topological polar surface area (TPSA) is 166 Å². The van der Waals surface area contributed by atoms with E-state index in [0.717, 1.165) is 10.8 Å². The molecular weight excluding hydrogens is 464 g/mol. The zero-order chi connectivity index (χ0) is 25.4. The molecule has 0 bridgehead atoms. The number of aromatic carboxylic acids is 2. The highest BCUT2D eigenvalue weighted by Gasteiger charge is 2.14. The molecule has 0 aliphatic carbocycles. The van der Waals surface area contributed by atoms with Crippen LogP contribution in [-0.2, 0) is 0 Å². The van der Waals surface area contributed by atoms with Gasteiger partial charge in [0.2, 0.25) is 10.9 Å². The molecule has 0 radical (unpaired) electrons. The van der Waals surface area contributed by atoms with Gasteiger partial charge < -0.3 is 20.2 Å². The molecule has 0 amide bonds. The van der Waals surface area contributed by atoms with E-state index in [2.05, 4.69) is 19.9 Å². The number of benzene rings is 2. The van der Waals surface area contributed by atoms with E-state index in [-0.39, 0.29) is 11.1 Å². The number of hydrogen-bond donors (Lipinski definition) is 4. The molecule has 0 atom stereocenters. The van der Waals surface area contributed by atoms with Gasteiger partial charge >= 0.3 is 11.9 Å². The molecule has 0 fully saturated rings. The summed E-state index contributed by atoms with van der Waals surface area (Å²) in [5, 5.41) is 20.3. The average Bonchev–Trinajstić information content (AvgIpc) is 2.89. The SMILES string of the molecule is O=C(O)c1c[nH]c2c(ccc3cccnc32)c1=O.O=C(O)c1c[nH]c2c(ccc3cccnc32)c1=O. The first-order chi connectivity index (χ1) is 17.4. The molecule has 6 rings (SSSR count). The maximum atomic E-state index is 12.0. The maximum absolute atomic E-state index is 12.0. The molecule has 0 aliphatic rings. The maximum Gasteiger partial charge on any atom is 0.341 e. The van der Waals surface area contributed by atoms with Crippen LogP contribution in [-0.4, -0.2) is 42.1 Å². The number of nitrogens with one attached hydrogen (secondary N) is 2. The Morgan fingerprint density at radius 2 is 1.06 bits per heavy atom. The van der Waals surface area contributed by atoms with Gasteiger partial charge in [-0.2, -0.15) is 0 Å².